The van der Waals surface area contributed by atoms with E-state index in [1.54, 1.807) is 39.8 Å². The minimum absolute atomic E-state index is 0.153. The molecule has 1 N–H and O–H groups in total. The maximum atomic E-state index is 12.3. The first-order valence-electron chi connectivity index (χ1n) is 6.55. The number of thioether (sulfide) groups is 1. The summed E-state index contributed by atoms with van der Waals surface area (Å²) < 4.78 is 27.5. The summed E-state index contributed by atoms with van der Waals surface area (Å²) in [5, 5.41) is 11.3. The van der Waals surface area contributed by atoms with Gasteiger partial charge in [0.25, 0.3) is 5.69 Å². The lowest BCUT2D eigenvalue weighted by Crippen LogP contribution is -2.40. The Morgan fingerprint density at radius 3 is 2.35 bits per heavy atom. The van der Waals surface area contributed by atoms with E-state index in [0.29, 0.717) is 9.22 Å². The average molecular weight is 378 g/mol. The zero-order chi connectivity index (χ0) is 18.0. The molecular formula is C13H19N3O4S3. The molecule has 0 heterocycles. The molecule has 0 aliphatic rings. The molecule has 0 aliphatic heterocycles. The number of hydrogen-bond donors (Lipinski definition) is 1. The van der Waals surface area contributed by atoms with Crippen LogP contribution in [-0.2, 0) is 10.0 Å². The van der Waals surface area contributed by atoms with Gasteiger partial charge < -0.3 is 4.90 Å². The van der Waals surface area contributed by atoms with Gasteiger partial charge in [-0.3, -0.25) is 10.1 Å². The van der Waals surface area contributed by atoms with Gasteiger partial charge in [0.1, 0.15) is 4.32 Å². The molecule has 0 saturated heterocycles. The minimum Gasteiger partial charge on any atom is -0.363 e. The summed E-state index contributed by atoms with van der Waals surface area (Å²) in [6, 6.07) is 3.78. The molecule has 0 spiro atoms. The molecule has 23 heavy (non-hydrogen) atoms. The van der Waals surface area contributed by atoms with Crippen molar-refractivity contribution >= 4 is 44.0 Å². The normalized spacial score (nSPS) is 12.0. The number of hydrogen-bond acceptors (Lipinski definition) is 6. The van der Waals surface area contributed by atoms with Crippen molar-refractivity contribution in [1.29, 1.82) is 0 Å². The number of rotatable bonds is 4. The van der Waals surface area contributed by atoms with E-state index in [2.05, 4.69) is 4.72 Å². The van der Waals surface area contributed by atoms with Gasteiger partial charge >= 0.3 is 0 Å². The van der Waals surface area contributed by atoms with Gasteiger partial charge in [-0.2, -0.15) is 0 Å². The Balaban J connectivity index is 3.29. The third kappa shape index (κ3) is 5.72. The van der Waals surface area contributed by atoms with Crippen LogP contribution in [0.5, 0.6) is 0 Å². The van der Waals surface area contributed by atoms with Gasteiger partial charge in [0, 0.05) is 25.7 Å². The number of nitro benzene ring substituents is 1. The topological polar surface area (TPSA) is 92.6 Å². The fourth-order valence-electron chi connectivity index (χ4n) is 1.54. The van der Waals surface area contributed by atoms with Crippen molar-refractivity contribution in [3.05, 3.63) is 28.3 Å². The molecule has 0 bridgehead atoms. The molecule has 128 valence electrons. The van der Waals surface area contributed by atoms with Gasteiger partial charge in [-0.15, -0.1) is 0 Å². The van der Waals surface area contributed by atoms with Crippen molar-refractivity contribution in [1.82, 2.24) is 9.62 Å². The van der Waals surface area contributed by atoms with Gasteiger partial charge in [-0.05, 0) is 32.9 Å². The van der Waals surface area contributed by atoms with Crippen LogP contribution in [0, 0.1) is 10.1 Å². The summed E-state index contributed by atoms with van der Waals surface area (Å²) in [4.78, 5) is 12.4. The number of sulfonamides is 1. The Hall–Kier alpha value is -1.23. The SMILES string of the molecule is CN(C)C(=S)Sc1ccc(S(=O)(=O)NC(C)(C)C)cc1[N+](=O)[O-]. The van der Waals surface area contributed by atoms with Crippen LogP contribution in [0.2, 0.25) is 0 Å². The van der Waals surface area contributed by atoms with Crippen LogP contribution in [0.15, 0.2) is 28.0 Å². The summed E-state index contributed by atoms with van der Waals surface area (Å²) >= 11 is 6.16. The largest absolute Gasteiger partial charge is 0.363 e. The molecule has 1 rings (SSSR count). The third-order valence-corrected chi connectivity index (χ3v) is 5.92. The van der Waals surface area contributed by atoms with Crippen molar-refractivity contribution < 1.29 is 13.3 Å². The quantitative estimate of drug-likeness (QED) is 0.373. The molecule has 0 aliphatic carbocycles. The standard InChI is InChI=1S/C13H19N3O4S3/c1-13(2,3)14-23(19,20)9-6-7-11(10(8-9)16(17)18)22-12(21)15(4)5/h6-8,14H,1-5H3. The summed E-state index contributed by atoms with van der Waals surface area (Å²) in [5.74, 6) is 0. The van der Waals surface area contributed by atoms with Gasteiger partial charge in [0.2, 0.25) is 10.0 Å². The summed E-state index contributed by atoms with van der Waals surface area (Å²) in [7, 11) is -0.384. The van der Waals surface area contributed by atoms with E-state index >= 15 is 0 Å². The second-order valence-electron chi connectivity index (χ2n) is 6.00. The van der Waals surface area contributed by atoms with Crippen LogP contribution >= 0.6 is 24.0 Å². The summed E-state index contributed by atoms with van der Waals surface area (Å²) in [6.07, 6.45) is 0. The van der Waals surface area contributed by atoms with Crippen molar-refractivity contribution in [3.63, 3.8) is 0 Å². The highest BCUT2D eigenvalue weighted by molar-refractivity contribution is 8.23. The molecule has 0 saturated carbocycles. The molecule has 10 heteroatoms. The van der Waals surface area contributed by atoms with E-state index in [-0.39, 0.29) is 10.6 Å². The predicted molar refractivity (Wildman–Crippen MR) is 95.3 cm³/mol. The Bertz CT molecular complexity index is 724. The molecule has 0 aromatic heterocycles. The first-order valence-corrected chi connectivity index (χ1v) is 9.26. The van der Waals surface area contributed by atoms with E-state index in [0.717, 1.165) is 17.8 Å². The fourth-order valence-corrected chi connectivity index (χ4v) is 3.99. The van der Waals surface area contributed by atoms with Crippen molar-refractivity contribution in [3.8, 4) is 0 Å². The monoisotopic (exact) mass is 377 g/mol. The van der Waals surface area contributed by atoms with Crippen molar-refractivity contribution in [2.45, 2.75) is 36.1 Å². The fraction of sp³-hybridized carbons (Fsp3) is 0.462. The molecule has 0 fully saturated rings. The lowest BCUT2D eigenvalue weighted by Gasteiger charge is -2.20. The van der Waals surface area contributed by atoms with E-state index in [1.165, 1.54) is 12.1 Å². The zero-order valence-corrected chi connectivity index (χ0v) is 15.9. The first-order chi connectivity index (χ1) is 10.3. The van der Waals surface area contributed by atoms with E-state index < -0.39 is 20.5 Å². The van der Waals surface area contributed by atoms with Gasteiger partial charge in [0.05, 0.1) is 14.7 Å². The second-order valence-corrected chi connectivity index (χ2v) is 9.36. The van der Waals surface area contributed by atoms with Crippen molar-refractivity contribution in [2.24, 2.45) is 0 Å². The third-order valence-electron chi connectivity index (χ3n) is 2.44. The predicted octanol–water partition coefficient (Wildman–Crippen LogP) is 2.61. The van der Waals surface area contributed by atoms with Crippen LogP contribution in [0.4, 0.5) is 5.69 Å². The lowest BCUT2D eigenvalue weighted by atomic mass is 10.1. The maximum Gasteiger partial charge on any atom is 0.284 e. The second kappa shape index (κ2) is 7.12. The Labute approximate surface area is 145 Å². The highest BCUT2D eigenvalue weighted by Crippen LogP contribution is 2.32. The number of nitrogens with zero attached hydrogens (tertiary/aromatic N) is 2. The smallest absolute Gasteiger partial charge is 0.284 e. The van der Waals surface area contributed by atoms with Crippen LogP contribution in [0.3, 0.4) is 0 Å². The number of thiocarbonyl (C=S) groups is 1. The lowest BCUT2D eigenvalue weighted by molar-refractivity contribution is -0.387. The van der Waals surface area contributed by atoms with Gasteiger partial charge in [-0.1, -0.05) is 24.0 Å². The highest BCUT2D eigenvalue weighted by atomic mass is 32.2. The summed E-state index contributed by atoms with van der Waals surface area (Å²) in [5.41, 5.74) is -0.982. The zero-order valence-electron chi connectivity index (χ0n) is 13.5. The Kier molecular flexibility index (Phi) is 6.13. The van der Waals surface area contributed by atoms with Crippen molar-refractivity contribution in [2.75, 3.05) is 14.1 Å². The number of benzene rings is 1. The van der Waals surface area contributed by atoms with E-state index in [9.17, 15) is 18.5 Å². The van der Waals surface area contributed by atoms with Gasteiger partial charge in [-0.25, -0.2) is 13.1 Å². The Morgan fingerprint density at radius 1 is 1.35 bits per heavy atom. The molecule has 0 radical (unpaired) electrons. The molecule has 0 amide bonds. The summed E-state index contributed by atoms with van der Waals surface area (Å²) in [6.45, 7) is 5.08. The van der Waals surface area contributed by atoms with E-state index in [4.69, 9.17) is 12.2 Å². The molecule has 0 atom stereocenters. The van der Waals surface area contributed by atoms with E-state index in [1.807, 2.05) is 0 Å². The number of nitro groups is 1. The van der Waals surface area contributed by atoms with Crippen LogP contribution in [0.1, 0.15) is 20.8 Å². The first kappa shape index (κ1) is 19.8. The van der Waals surface area contributed by atoms with Gasteiger partial charge in [0.15, 0.2) is 0 Å². The maximum absolute atomic E-state index is 12.3. The Morgan fingerprint density at radius 2 is 1.91 bits per heavy atom. The van der Waals surface area contributed by atoms with Crippen LogP contribution in [-0.4, -0.2) is 42.2 Å². The highest BCUT2D eigenvalue weighted by Gasteiger charge is 2.26. The van der Waals surface area contributed by atoms with Crippen LogP contribution in [0.25, 0.3) is 0 Å². The molecule has 7 nitrogen and oxygen atoms in total. The minimum atomic E-state index is -3.84. The number of nitrogens with one attached hydrogen (secondary N) is 1. The van der Waals surface area contributed by atoms with Crippen LogP contribution < -0.4 is 4.72 Å². The molecule has 0 unspecified atom stereocenters. The molecular weight excluding hydrogens is 358 g/mol. The molecule has 1 aromatic carbocycles. The molecule has 1 aromatic rings. The average Bonchev–Trinajstić information content (AvgIpc) is 2.35.